The third-order valence-corrected chi connectivity index (χ3v) is 6.92. The molecule has 3 unspecified atom stereocenters. The first-order valence-corrected chi connectivity index (χ1v) is 10.0. The van der Waals surface area contributed by atoms with Crippen LogP contribution in [0.1, 0.15) is 44.9 Å². The van der Waals surface area contributed by atoms with Gasteiger partial charge in [0.15, 0.2) is 0 Å². The fraction of sp³-hybridized carbons (Fsp3) is 0.933. The first kappa shape index (κ1) is 15.3. The molecule has 1 heterocycles. The van der Waals surface area contributed by atoms with Gasteiger partial charge in [0.25, 0.3) is 0 Å². The highest BCUT2D eigenvalue weighted by Crippen LogP contribution is 2.49. The zero-order valence-corrected chi connectivity index (χ0v) is 13.6. The van der Waals surface area contributed by atoms with E-state index in [-0.39, 0.29) is 11.9 Å². The van der Waals surface area contributed by atoms with E-state index in [2.05, 4.69) is 5.32 Å². The Morgan fingerprint density at radius 3 is 2.38 bits per heavy atom. The molecule has 0 aromatic carbocycles. The SMILES string of the molecule is CS(=O)(=O)N1CCC(NC(=O)CC2CC3CCC2C3)CC1. The monoisotopic (exact) mass is 314 g/mol. The van der Waals surface area contributed by atoms with Crippen LogP contribution in [0.4, 0.5) is 0 Å². The average Bonchev–Trinajstić information content (AvgIpc) is 3.00. The lowest BCUT2D eigenvalue weighted by atomic mass is 9.86. The molecular weight excluding hydrogens is 288 g/mol. The van der Waals surface area contributed by atoms with Gasteiger partial charge in [-0.2, -0.15) is 0 Å². The highest BCUT2D eigenvalue weighted by molar-refractivity contribution is 7.88. The van der Waals surface area contributed by atoms with Crippen LogP contribution in [0.25, 0.3) is 0 Å². The summed E-state index contributed by atoms with van der Waals surface area (Å²) in [5.41, 5.74) is 0. The van der Waals surface area contributed by atoms with Crippen LogP contribution in [0, 0.1) is 17.8 Å². The number of carbonyl (C=O) groups is 1. The smallest absolute Gasteiger partial charge is 0.220 e. The summed E-state index contributed by atoms with van der Waals surface area (Å²) in [6, 6.07) is 0.147. The van der Waals surface area contributed by atoms with Crippen LogP contribution in [0.15, 0.2) is 0 Å². The summed E-state index contributed by atoms with van der Waals surface area (Å²) in [6.07, 6.45) is 8.65. The lowest BCUT2D eigenvalue weighted by Crippen LogP contribution is -2.46. The van der Waals surface area contributed by atoms with Crippen molar-refractivity contribution in [2.24, 2.45) is 17.8 Å². The second-order valence-corrected chi connectivity index (χ2v) is 9.13. The second-order valence-electron chi connectivity index (χ2n) is 7.14. The number of carbonyl (C=O) groups excluding carboxylic acids is 1. The zero-order chi connectivity index (χ0) is 15.0. The predicted octanol–water partition coefficient (Wildman–Crippen LogP) is 1.35. The molecule has 2 aliphatic carbocycles. The molecule has 21 heavy (non-hydrogen) atoms. The van der Waals surface area contributed by atoms with Gasteiger partial charge in [-0.25, -0.2) is 12.7 Å². The average molecular weight is 314 g/mol. The molecular formula is C15H26N2O3S. The molecule has 1 amide bonds. The van der Waals surface area contributed by atoms with E-state index < -0.39 is 10.0 Å². The van der Waals surface area contributed by atoms with Gasteiger partial charge in [-0.3, -0.25) is 4.79 Å². The van der Waals surface area contributed by atoms with Crippen LogP contribution < -0.4 is 5.32 Å². The van der Waals surface area contributed by atoms with Crippen molar-refractivity contribution >= 4 is 15.9 Å². The van der Waals surface area contributed by atoms with Crippen molar-refractivity contribution in [1.82, 2.24) is 9.62 Å². The maximum Gasteiger partial charge on any atom is 0.220 e. The number of hydrogen-bond donors (Lipinski definition) is 1. The third-order valence-electron chi connectivity index (χ3n) is 5.62. The van der Waals surface area contributed by atoms with Crippen molar-refractivity contribution in [3.63, 3.8) is 0 Å². The Kier molecular flexibility index (Phi) is 4.28. The van der Waals surface area contributed by atoms with E-state index in [1.807, 2.05) is 0 Å². The van der Waals surface area contributed by atoms with E-state index in [1.165, 1.54) is 36.2 Å². The van der Waals surface area contributed by atoms with Gasteiger partial charge >= 0.3 is 0 Å². The number of rotatable bonds is 4. The summed E-state index contributed by atoms with van der Waals surface area (Å²) < 4.78 is 24.4. The topological polar surface area (TPSA) is 66.5 Å². The fourth-order valence-electron chi connectivity index (χ4n) is 4.48. The van der Waals surface area contributed by atoms with Crippen LogP contribution in [-0.4, -0.2) is 44.0 Å². The minimum Gasteiger partial charge on any atom is -0.353 e. The van der Waals surface area contributed by atoms with Crippen LogP contribution in [0.3, 0.4) is 0 Å². The zero-order valence-electron chi connectivity index (χ0n) is 12.8. The maximum atomic E-state index is 12.2. The Labute approximate surface area is 127 Å². The molecule has 5 nitrogen and oxygen atoms in total. The Morgan fingerprint density at radius 1 is 1.14 bits per heavy atom. The molecule has 3 fully saturated rings. The van der Waals surface area contributed by atoms with Gasteiger partial charge < -0.3 is 5.32 Å². The van der Waals surface area contributed by atoms with Gasteiger partial charge in [0, 0.05) is 25.6 Å². The van der Waals surface area contributed by atoms with E-state index >= 15 is 0 Å². The third kappa shape index (κ3) is 3.59. The Balaban J connectivity index is 1.42. The summed E-state index contributed by atoms with van der Waals surface area (Å²) in [7, 11) is -3.08. The van der Waals surface area contributed by atoms with Crippen molar-refractivity contribution in [2.75, 3.05) is 19.3 Å². The van der Waals surface area contributed by atoms with E-state index in [1.54, 1.807) is 0 Å². The number of hydrogen-bond acceptors (Lipinski definition) is 3. The minimum absolute atomic E-state index is 0.147. The molecule has 1 aliphatic heterocycles. The van der Waals surface area contributed by atoms with Crippen LogP contribution in [-0.2, 0) is 14.8 Å². The van der Waals surface area contributed by atoms with Crippen molar-refractivity contribution in [1.29, 1.82) is 0 Å². The first-order valence-electron chi connectivity index (χ1n) is 8.16. The molecule has 1 saturated heterocycles. The summed E-state index contributed by atoms with van der Waals surface area (Å²) in [5.74, 6) is 2.43. The fourth-order valence-corrected chi connectivity index (χ4v) is 5.36. The van der Waals surface area contributed by atoms with E-state index in [9.17, 15) is 13.2 Å². The van der Waals surface area contributed by atoms with E-state index in [0.717, 1.165) is 24.7 Å². The highest BCUT2D eigenvalue weighted by Gasteiger charge is 2.40. The Hall–Kier alpha value is -0.620. The quantitative estimate of drug-likeness (QED) is 0.852. The molecule has 0 spiro atoms. The predicted molar refractivity (Wildman–Crippen MR) is 81.1 cm³/mol. The van der Waals surface area contributed by atoms with Crippen molar-refractivity contribution in [3.8, 4) is 0 Å². The highest BCUT2D eigenvalue weighted by atomic mass is 32.2. The second kappa shape index (κ2) is 5.88. The number of nitrogens with zero attached hydrogens (tertiary/aromatic N) is 1. The first-order chi connectivity index (χ1) is 9.91. The van der Waals surface area contributed by atoms with Gasteiger partial charge in [0.05, 0.1) is 6.26 Å². The molecule has 2 saturated carbocycles. The molecule has 6 heteroatoms. The summed E-state index contributed by atoms with van der Waals surface area (Å²) in [5, 5.41) is 3.12. The molecule has 3 rings (SSSR count). The van der Waals surface area contributed by atoms with Gasteiger partial charge in [0.1, 0.15) is 0 Å². The van der Waals surface area contributed by atoms with E-state index in [4.69, 9.17) is 0 Å². The van der Waals surface area contributed by atoms with Crippen molar-refractivity contribution in [3.05, 3.63) is 0 Å². The van der Waals surface area contributed by atoms with Crippen molar-refractivity contribution < 1.29 is 13.2 Å². The number of sulfonamides is 1. The molecule has 0 radical (unpaired) electrons. The summed E-state index contributed by atoms with van der Waals surface area (Å²) in [4.78, 5) is 12.2. The van der Waals surface area contributed by atoms with Gasteiger partial charge in [-0.05, 0) is 49.9 Å². The summed E-state index contributed by atoms with van der Waals surface area (Å²) in [6.45, 7) is 1.05. The van der Waals surface area contributed by atoms with Gasteiger partial charge in [-0.1, -0.05) is 6.42 Å². The molecule has 2 bridgehead atoms. The van der Waals surface area contributed by atoms with Gasteiger partial charge in [0.2, 0.25) is 15.9 Å². The number of nitrogens with one attached hydrogen (secondary N) is 1. The molecule has 120 valence electrons. The molecule has 0 aromatic rings. The van der Waals surface area contributed by atoms with E-state index in [0.29, 0.717) is 25.4 Å². The van der Waals surface area contributed by atoms with Crippen LogP contribution >= 0.6 is 0 Å². The van der Waals surface area contributed by atoms with Crippen LogP contribution in [0.2, 0.25) is 0 Å². The largest absolute Gasteiger partial charge is 0.353 e. The number of piperidine rings is 1. The molecule has 0 aromatic heterocycles. The van der Waals surface area contributed by atoms with Crippen molar-refractivity contribution in [2.45, 2.75) is 51.0 Å². The molecule has 1 N–H and O–H groups in total. The number of fused-ring (bicyclic) bond motifs is 2. The molecule has 3 aliphatic rings. The minimum atomic E-state index is -3.08. The molecule has 3 atom stereocenters. The lowest BCUT2D eigenvalue weighted by Gasteiger charge is -2.31. The van der Waals surface area contributed by atoms with Crippen LogP contribution in [0.5, 0.6) is 0 Å². The summed E-state index contributed by atoms with van der Waals surface area (Å²) >= 11 is 0. The Bertz CT molecular complexity index is 497. The number of amides is 1. The normalized spacial score (nSPS) is 34.2. The standard InChI is InChI=1S/C15H26N2O3S/c1-21(19,20)17-6-4-14(5-7-17)16-15(18)10-13-9-11-2-3-12(13)8-11/h11-14H,2-10H2,1H3,(H,16,18). The van der Waals surface area contributed by atoms with Gasteiger partial charge in [-0.15, -0.1) is 0 Å². The Morgan fingerprint density at radius 2 is 1.86 bits per heavy atom. The lowest BCUT2D eigenvalue weighted by molar-refractivity contribution is -0.123. The maximum absolute atomic E-state index is 12.2.